The Kier molecular flexibility index (Phi) is 6.99. The summed E-state index contributed by atoms with van der Waals surface area (Å²) in [7, 11) is 5.02. The number of nitrogens with zero attached hydrogens (tertiary/aromatic N) is 1. The minimum atomic E-state index is 0.0720. The molecular weight excluding hydrogens is 390 g/mol. The van der Waals surface area contributed by atoms with Crippen LogP contribution in [0.15, 0.2) is 46.9 Å². The second-order valence-corrected chi connectivity index (χ2v) is 6.92. The Labute approximate surface area is 155 Å². The highest BCUT2D eigenvalue weighted by Gasteiger charge is 2.13. The molecule has 4 nitrogen and oxygen atoms in total. The molecule has 0 fully saturated rings. The van der Waals surface area contributed by atoms with E-state index >= 15 is 0 Å². The Morgan fingerprint density at radius 2 is 1.75 bits per heavy atom. The van der Waals surface area contributed by atoms with E-state index in [1.54, 1.807) is 37.9 Å². The third-order valence-electron chi connectivity index (χ3n) is 3.55. The maximum Gasteiger partial charge on any atom is 0.236 e. The van der Waals surface area contributed by atoms with Gasteiger partial charge in [-0.25, -0.2) is 0 Å². The molecule has 24 heavy (non-hydrogen) atoms. The molecule has 0 bridgehead atoms. The summed E-state index contributed by atoms with van der Waals surface area (Å²) in [6, 6.07) is 13.4. The molecule has 2 aromatic rings. The molecule has 128 valence electrons. The number of anilines is 1. The molecule has 0 spiro atoms. The van der Waals surface area contributed by atoms with Crippen molar-refractivity contribution in [3.63, 3.8) is 0 Å². The number of ether oxygens (including phenoxy) is 2. The van der Waals surface area contributed by atoms with Crippen molar-refractivity contribution in [2.24, 2.45) is 0 Å². The van der Waals surface area contributed by atoms with E-state index in [0.717, 1.165) is 15.7 Å². The predicted molar refractivity (Wildman–Crippen MR) is 103 cm³/mol. The second-order valence-electron chi connectivity index (χ2n) is 5.08. The summed E-state index contributed by atoms with van der Waals surface area (Å²) in [6.07, 6.45) is 0. The first kappa shape index (κ1) is 18.7. The number of hydrogen-bond acceptors (Lipinski definition) is 4. The van der Waals surface area contributed by atoms with Crippen LogP contribution in [0.4, 0.5) is 5.69 Å². The molecule has 0 N–H and O–H groups in total. The van der Waals surface area contributed by atoms with E-state index in [-0.39, 0.29) is 5.91 Å². The van der Waals surface area contributed by atoms with Crippen molar-refractivity contribution in [3.05, 3.63) is 52.5 Å². The minimum Gasteiger partial charge on any atom is -0.493 e. The largest absolute Gasteiger partial charge is 0.493 e. The first-order chi connectivity index (χ1) is 11.6. The molecule has 0 unspecified atom stereocenters. The number of carbonyl (C=O) groups is 1. The van der Waals surface area contributed by atoms with Crippen LogP contribution in [0.25, 0.3) is 0 Å². The third kappa shape index (κ3) is 4.68. The van der Waals surface area contributed by atoms with Gasteiger partial charge < -0.3 is 14.4 Å². The Bertz CT molecular complexity index is 694. The summed E-state index contributed by atoms with van der Waals surface area (Å²) in [5.74, 6) is 2.55. The highest BCUT2D eigenvalue weighted by molar-refractivity contribution is 9.10. The summed E-state index contributed by atoms with van der Waals surface area (Å²) in [5, 5.41) is 0. The van der Waals surface area contributed by atoms with Gasteiger partial charge in [0.2, 0.25) is 5.91 Å². The van der Waals surface area contributed by atoms with Crippen LogP contribution in [0.5, 0.6) is 11.5 Å². The molecule has 0 aliphatic carbocycles. The van der Waals surface area contributed by atoms with Gasteiger partial charge in [-0.2, -0.15) is 0 Å². The van der Waals surface area contributed by atoms with Crippen LogP contribution in [-0.4, -0.2) is 32.9 Å². The number of para-hydroxylation sites is 1. The van der Waals surface area contributed by atoms with Crippen molar-refractivity contribution in [2.75, 3.05) is 31.9 Å². The van der Waals surface area contributed by atoms with E-state index in [1.165, 1.54) is 0 Å². The van der Waals surface area contributed by atoms with Gasteiger partial charge in [-0.3, -0.25) is 4.79 Å². The topological polar surface area (TPSA) is 38.8 Å². The van der Waals surface area contributed by atoms with E-state index in [2.05, 4.69) is 15.9 Å². The van der Waals surface area contributed by atoms with Crippen LogP contribution >= 0.6 is 27.7 Å². The number of benzene rings is 2. The third-order valence-corrected chi connectivity index (χ3v) is 5.26. The van der Waals surface area contributed by atoms with Crippen molar-refractivity contribution in [2.45, 2.75) is 5.75 Å². The molecule has 0 aliphatic heterocycles. The van der Waals surface area contributed by atoms with E-state index in [0.29, 0.717) is 23.0 Å². The zero-order valence-electron chi connectivity index (χ0n) is 13.9. The highest BCUT2D eigenvalue weighted by atomic mass is 79.9. The lowest BCUT2D eigenvalue weighted by molar-refractivity contribution is -0.115. The average molecular weight is 410 g/mol. The van der Waals surface area contributed by atoms with Gasteiger partial charge in [0, 0.05) is 23.0 Å². The van der Waals surface area contributed by atoms with E-state index in [9.17, 15) is 4.79 Å². The molecule has 0 atom stereocenters. The van der Waals surface area contributed by atoms with Crippen molar-refractivity contribution in [1.82, 2.24) is 0 Å². The number of amides is 1. The normalized spacial score (nSPS) is 10.3. The van der Waals surface area contributed by atoms with E-state index in [4.69, 9.17) is 9.47 Å². The molecule has 6 heteroatoms. The molecule has 0 aliphatic rings. The minimum absolute atomic E-state index is 0.0720. The van der Waals surface area contributed by atoms with Gasteiger partial charge in [-0.05, 0) is 29.8 Å². The maximum absolute atomic E-state index is 12.3. The highest BCUT2D eigenvalue weighted by Crippen LogP contribution is 2.34. The molecule has 0 aromatic heterocycles. The lowest BCUT2D eigenvalue weighted by Crippen LogP contribution is -2.27. The fourth-order valence-corrected chi connectivity index (χ4v) is 3.72. The first-order valence-corrected chi connectivity index (χ1v) is 9.31. The van der Waals surface area contributed by atoms with Gasteiger partial charge in [0.1, 0.15) is 0 Å². The van der Waals surface area contributed by atoms with Crippen LogP contribution in [-0.2, 0) is 10.5 Å². The molecule has 0 radical (unpaired) electrons. The van der Waals surface area contributed by atoms with Crippen LogP contribution in [0.3, 0.4) is 0 Å². The summed E-state index contributed by atoms with van der Waals surface area (Å²) in [6.45, 7) is 0. The number of rotatable bonds is 7. The molecule has 0 saturated heterocycles. The molecule has 0 saturated carbocycles. The van der Waals surface area contributed by atoms with Crippen molar-refractivity contribution in [3.8, 4) is 11.5 Å². The van der Waals surface area contributed by atoms with Crippen molar-refractivity contribution >= 4 is 39.3 Å². The van der Waals surface area contributed by atoms with Crippen LogP contribution in [0, 0.1) is 0 Å². The van der Waals surface area contributed by atoms with Gasteiger partial charge >= 0.3 is 0 Å². The summed E-state index contributed by atoms with van der Waals surface area (Å²) >= 11 is 5.11. The fourth-order valence-electron chi connectivity index (χ4n) is 2.15. The van der Waals surface area contributed by atoms with Gasteiger partial charge in [0.15, 0.2) is 11.5 Å². The predicted octanol–water partition coefficient (Wildman–Crippen LogP) is 4.36. The van der Waals surface area contributed by atoms with E-state index < -0.39 is 0 Å². The lowest BCUT2D eigenvalue weighted by atomic mass is 10.2. The summed E-state index contributed by atoms with van der Waals surface area (Å²) in [5.41, 5.74) is 1.96. The van der Waals surface area contributed by atoms with Gasteiger partial charge in [-0.1, -0.05) is 34.1 Å². The van der Waals surface area contributed by atoms with Crippen LogP contribution < -0.4 is 14.4 Å². The lowest BCUT2D eigenvalue weighted by Gasteiger charge is -2.17. The zero-order chi connectivity index (χ0) is 17.5. The summed E-state index contributed by atoms with van der Waals surface area (Å²) < 4.78 is 11.5. The number of hydrogen-bond donors (Lipinski definition) is 0. The standard InChI is InChI=1S/C18H20BrNO3S/c1-20(14-7-5-4-6-8-14)18(21)12-24-11-13-9-16(22-2)17(23-3)10-15(13)19/h4-10H,11-12H2,1-3H3. The smallest absolute Gasteiger partial charge is 0.236 e. The van der Waals surface area contributed by atoms with Crippen molar-refractivity contribution < 1.29 is 14.3 Å². The van der Waals surface area contributed by atoms with Gasteiger partial charge in [0.05, 0.1) is 20.0 Å². The average Bonchev–Trinajstić information content (AvgIpc) is 2.62. The number of carbonyl (C=O) groups excluding carboxylic acids is 1. The fraction of sp³-hybridized carbons (Fsp3) is 0.278. The van der Waals surface area contributed by atoms with E-state index in [1.807, 2.05) is 42.5 Å². The van der Waals surface area contributed by atoms with Gasteiger partial charge in [-0.15, -0.1) is 11.8 Å². The Morgan fingerprint density at radius 1 is 1.12 bits per heavy atom. The monoisotopic (exact) mass is 409 g/mol. The quantitative estimate of drug-likeness (QED) is 0.680. The zero-order valence-corrected chi connectivity index (χ0v) is 16.3. The maximum atomic E-state index is 12.3. The SMILES string of the molecule is COc1cc(Br)c(CSCC(=O)N(C)c2ccccc2)cc1OC. The second kappa shape index (κ2) is 8.99. The molecular formula is C18H20BrNO3S. The summed E-state index contributed by atoms with van der Waals surface area (Å²) in [4.78, 5) is 14.0. The molecule has 1 amide bonds. The van der Waals surface area contributed by atoms with Crippen LogP contribution in [0.2, 0.25) is 0 Å². The van der Waals surface area contributed by atoms with Crippen LogP contribution in [0.1, 0.15) is 5.56 Å². The first-order valence-electron chi connectivity index (χ1n) is 7.36. The molecule has 2 aromatic carbocycles. The number of halogens is 1. The van der Waals surface area contributed by atoms with Crippen molar-refractivity contribution in [1.29, 1.82) is 0 Å². The number of methoxy groups -OCH3 is 2. The Hall–Kier alpha value is -1.66. The molecule has 2 rings (SSSR count). The Balaban J connectivity index is 1.95. The van der Waals surface area contributed by atoms with Gasteiger partial charge in [0.25, 0.3) is 0 Å². The molecule has 0 heterocycles. The number of thioether (sulfide) groups is 1. The Morgan fingerprint density at radius 3 is 2.38 bits per heavy atom.